The van der Waals surface area contributed by atoms with Crippen molar-refractivity contribution in [1.29, 1.82) is 0 Å². The molecule has 15 heavy (non-hydrogen) atoms. The van der Waals surface area contributed by atoms with Gasteiger partial charge in [0.1, 0.15) is 0 Å². The maximum atomic E-state index is 10.7. The second-order valence-corrected chi connectivity index (χ2v) is 5.56. The van der Waals surface area contributed by atoms with Crippen molar-refractivity contribution in [2.75, 3.05) is 19.6 Å². The number of likely N-dealkylation sites (tertiary alicyclic amines) is 1. The Labute approximate surface area is 91.8 Å². The summed E-state index contributed by atoms with van der Waals surface area (Å²) in [4.78, 5) is 2.50. The Hall–Kier alpha value is -0.120. The van der Waals surface area contributed by atoms with Crippen molar-refractivity contribution in [1.82, 2.24) is 10.2 Å². The summed E-state index contributed by atoms with van der Waals surface area (Å²) in [7, 11) is 0. The lowest BCUT2D eigenvalue weighted by Crippen LogP contribution is -2.54. The third kappa shape index (κ3) is 1.93. The molecular weight excluding hydrogens is 188 g/mol. The number of rotatable bonds is 2. The van der Waals surface area contributed by atoms with Crippen LogP contribution >= 0.6 is 0 Å². The number of nitrogens with one attached hydrogen (secondary N) is 1. The second kappa shape index (κ2) is 3.72. The van der Waals surface area contributed by atoms with E-state index in [4.69, 9.17) is 0 Å². The number of nitrogens with zero attached hydrogens (tertiary/aromatic N) is 1. The highest BCUT2D eigenvalue weighted by Gasteiger charge is 2.46. The first kappa shape index (κ1) is 10.1. The van der Waals surface area contributed by atoms with Gasteiger partial charge in [0.2, 0.25) is 0 Å². The minimum absolute atomic E-state index is 0.356. The Morgan fingerprint density at radius 2 is 2.07 bits per heavy atom. The lowest BCUT2D eigenvalue weighted by molar-refractivity contribution is 0.00133. The Bertz CT molecular complexity index is 236. The van der Waals surface area contributed by atoms with E-state index in [9.17, 15) is 5.11 Å². The topological polar surface area (TPSA) is 35.5 Å². The molecule has 1 aliphatic carbocycles. The van der Waals surface area contributed by atoms with Crippen LogP contribution in [0.1, 0.15) is 38.5 Å². The highest BCUT2D eigenvalue weighted by atomic mass is 16.3. The molecule has 0 spiro atoms. The monoisotopic (exact) mass is 210 g/mol. The Morgan fingerprint density at radius 1 is 1.20 bits per heavy atom. The van der Waals surface area contributed by atoms with E-state index in [1.165, 1.54) is 25.7 Å². The lowest BCUT2D eigenvalue weighted by atomic mass is 9.87. The number of hydrogen-bond acceptors (Lipinski definition) is 3. The van der Waals surface area contributed by atoms with E-state index < -0.39 is 5.60 Å². The van der Waals surface area contributed by atoms with Crippen molar-refractivity contribution in [3.8, 4) is 0 Å². The number of hydrogen-bond donors (Lipinski definition) is 2. The standard InChI is InChI=1S/C12H22N2O/c15-12(11-3-1-2-7-13-11)6-8-14(9-12)10-4-5-10/h10-11,13,15H,1-9H2. The van der Waals surface area contributed by atoms with Gasteiger partial charge < -0.3 is 10.4 Å². The van der Waals surface area contributed by atoms with E-state index in [1.54, 1.807) is 0 Å². The van der Waals surface area contributed by atoms with Crippen LogP contribution in [0.15, 0.2) is 0 Å². The summed E-state index contributed by atoms with van der Waals surface area (Å²) in [6.07, 6.45) is 7.40. The SMILES string of the molecule is OC1(C2CCCCN2)CCN(C2CC2)C1. The van der Waals surface area contributed by atoms with Crippen LogP contribution in [-0.2, 0) is 0 Å². The second-order valence-electron chi connectivity index (χ2n) is 5.56. The van der Waals surface area contributed by atoms with Gasteiger partial charge in [-0.1, -0.05) is 6.42 Å². The summed E-state index contributed by atoms with van der Waals surface area (Å²) in [5.74, 6) is 0. The smallest absolute Gasteiger partial charge is 0.0938 e. The van der Waals surface area contributed by atoms with Gasteiger partial charge in [-0.3, -0.25) is 4.90 Å². The zero-order chi connectivity index (χ0) is 10.3. The molecule has 2 N–H and O–H groups in total. The Kier molecular flexibility index (Phi) is 2.49. The van der Waals surface area contributed by atoms with Gasteiger partial charge in [-0.15, -0.1) is 0 Å². The molecule has 3 fully saturated rings. The van der Waals surface area contributed by atoms with E-state index in [0.29, 0.717) is 6.04 Å². The predicted molar refractivity (Wildman–Crippen MR) is 59.8 cm³/mol. The largest absolute Gasteiger partial charge is 0.387 e. The van der Waals surface area contributed by atoms with Gasteiger partial charge in [-0.05, 0) is 38.6 Å². The molecule has 0 amide bonds. The molecule has 1 saturated carbocycles. The van der Waals surface area contributed by atoms with Crippen molar-refractivity contribution in [2.45, 2.75) is 56.2 Å². The van der Waals surface area contributed by atoms with Gasteiger partial charge in [-0.25, -0.2) is 0 Å². The van der Waals surface area contributed by atoms with Crippen molar-refractivity contribution >= 4 is 0 Å². The van der Waals surface area contributed by atoms with Crippen LogP contribution < -0.4 is 5.32 Å². The minimum Gasteiger partial charge on any atom is -0.387 e. The van der Waals surface area contributed by atoms with Crippen LogP contribution in [0.4, 0.5) is 0 Å². The molecule has 2 atom stereocenters. The quantitative estimate of drug-likeness (QED) is 0.705. The van der Waals surface area contributed by atoms with Gasteiger partial charge in [0, 0.05) is 25.2 Å². The Balaban J connectivity index is 1.63. The summed E-state index contributed by atoms with van der Waals surface area (Å²) < 4.78 is 0. The molecule has 0 bridgehead atoms. The molecule has 0 aromatic rings. The molecule has 3 heteroatoms. The molecule has 3 nitrogen and oxygen atoms in total. The fraction of sp³-hybridized carbons (Fsp3) is 1.00. The fourth-order valence-electron chi connectivity index (χ4n) is 3.19. The van der Waals surface area contributed by atoms with E-state index in [1.807, 2.05) is 0 Å². The van der Waals surface area contributed by atoms with Crippen molar-refractivity contribution in [3.63, 3.8) is 0 Å². The first-order valence-corrected chi connectivity index (χ1v) is 6.48. The summed E-state index contributed by atoms with van der Waals surface area (Å²) in [6, 6.07) is 1.16. The van der Waals surface area contributed by atoms with Gasteiger partial charge in [-0.2, -0.15) is 0 Å². The minimum atomic E-state index is -0.428. The third-order valence-corrected chi connectivity index (χ3v) is 4.33. The summed E-state index contributed by atoms with van der Waals surface area (Å²) in [5, 5.41) is 14.2. The molecule has 2 unspecified atom stereocenters. The summed E-state index contributed by atoms with van der Waals surface area (Å²) in [6.45, 7) is 3.12. The highest BCUT2D eigenvalue weighted by molar-refractivity contribution is 5.03. The molecule has 2 aliphatic heterocycles. The zero-order valence-electron chi connectivity index (χ0n) is 9.41. The average molecular weight is 210 g/mol. The number of β-amino-alcohol motifs (C(OH)–C–C–N with tert-alkyl or cyclic N) is 1. The first-order chi connectivity index (χ1) is 7.28. The molecule has 0 aromatic heterocycles. The molecule has 0 aromatic carbocycles. The van der Waals surface area contributed by atoms with Gasteiger partial charge in [0.25, 0.3) is 0 Å². The van der Waals surface area contributed by atoms with E-state index in [-0.39, 0.29) is 0 Å². The maximum Gasteiger partial charge on any atom is 0.0938 e. The van der Waals surface area contributed by atoms with Crippen LogP contribution in [0.5, 0.6) is 0 Å². The fourth-order valence-corrected chi connectivity index (χ4v) is 3.19. The summed E-state index contributed by atoms with van der Waals surface area (Å²) in [5.41, 5.74) is -0.428. The van der Waals surface area contributed by atoms with Crippen molar-refractivity contribution in [3.05, 3.63) is 0 Å². The van der Waals surface area contributed by atoms with Gasteiger partial charge in [0.05, 0.1) is 5.60 Å². The maximum absolute atomic E-state index is 10.7. The zero-order valence-corrected chi connectivity index (χ0v) is 9.41. The molecule has 0 radical (unpaired) electrons. The van der Waals surface area contributed by atoms with E-state index in [0.717, 1.165) is 38.5 Å². The first-order valence-electron chi connectivity index (χ1n) is 6.48. The van der Waals surface area contributed by atoms with Crippen molar-refractivity contribution < 1.29 is 5.11 Å². The van der Waals surface area contributed by atoms with Crippen LogP contribution in [0.2, 0.25) is 0 Å². The van der Waals surface area contributed by atoms with Gasteiger partial charge >= 0.3 is 0 Å². The Morgan fingerprint density at radius 3 is 2.73 bits per heavy atom. The predicted octanol–water partition coefficient (Wildman–Crippen LogP) is 0.728. The third-order valence-electron chi connectivity index (χ3n) is 4.33. The van der Waals surface area contributed by atoms with E-state index in [2.05, 4.69) is 10.2 Å². The number of piperidine rings is 1. The van der Waals surface area contributed by atoms with Crippen molar-refractivity contribution in [2.24, 2.45) is 0 Å². The number of aliphatic hydroxyl groups is 1. The van der Waals surface area contributed by atoms with E-state index >= 15 is 0 Å². The lowest BCUT2D eigenvalue weighted by Gasteiger charge is -2.36. The van der Waals surface area contributed by atoms with Crippen LogP contribution in [0.25, 0.3) is 0 Å². The normalized spacial score (nSPS) is 43.4. The highest BCUT2D eigenvalue weighted by Crippen LogP contribution is 2.36. The molecular formula is C12H22N2O. The summed E-state index contributed by atoms with van der Waals surface area (Å²) >= 11 is 0. The average Bonchev–Trinajstić information content (AvgIpc) is 3.04. The van der Waals surface area contributed by atoms with Gasteiger partial charge in [0.15, 0.2) is 0 Å². The molecule has 2 heterocycles. The molecule has 86 valence electrons. The molecule has 3 rings (SSSR count). The van der Waals surface area contributed by atoms with Crippen LogP contribution in [0, 0.1) is 0 Å². The van der Waals surface area contributed by atoms with Crippen LogP contribution in [-0.4, -0.2) is 47.3 Å². The van der Waals surface area contributed by atoms with Crippen LogP contribution in [0.3, 0.4) is 0 Å². The molecule has 2 saturated heterocycles. The molecule has 3 aliphatic rings.